The van der Waals surface area contributed by atoms with Gasteiger partial charge in [0.2, 0.25) is 0 Å². The average Bonchev–Trinajstić information content (AvgIpc) is 2.67. The second-order valence-corrected chi connectivity index (χ2v) is 5.57. The van der Waals surface area contributed by atoms with E-state index in [1.54, 1.807) is 6.20 Å². The van der Waals surface area contributed by atoms with Gasteiger partial charge in [-0.05, 0) is 45.8 Å². The van der Waals surface area contributed by atoms with Gasteiger partial charge < -0.3 is 5.32 Å². The van der Waals surface area contributed by atoms with Crippen LogP contribution in [-0.4, -0.2) is 23.0 Å². The Morgan fingerprint density at radius 1 is 1.57 bits per heavy atom. The topological polar surface area (TPSA) is 24.9 Å². The van der Waals surface area contributed by atoms with Crippen molar-refractivity contribution in [3.63, 3.8) is 0 Å². The SMILES string of the molecule is Brc1cncc(NCC2CCSC2)c1. The first-order chi connectivity index (χ1) is 6.84. The van der Waals surface area contributed by atoms with Crippen LogP contribution in [0.25, 0.3) is 0 Å². The lowest BCUT2D eigenvalue weighted by molar-refractivity contribution is 0.631. The van der Waals surface area contributed by atoms with Crippen molar-refractivity contribution >= 4 is 33.4 Å². The molecular formula is C10H13BrN2S. The molecule has 1 N–H and O–H groups in total. The van der Waals surface area contributed by atoms with Crippen molar-refractivity contribution in [2.24, 2.45) is 5.92 Å². The van der Waals surface area contributed by atoms with Crippen molar-refractivity contribution in [2.45, 2.75) is 6.42 Å². The van der Waals surface area contributed by atoms with Gasteiger partial charge in [0.15, 0.2) is 0 Å². The third-order valence-electron chi connectivity index (χ3n) is 2.32. The normalized spacial score (nSPS) is 21.1. The molecule has 2 nitrogen and oxygen atoms in total. The maximum atomic E-state index is 4.11. The van der Waals surface area contributed by atoms with Crippen LogP contribution < -0.4 is 5.32 Å². The lowest BCUT2D eigenvalue weighted by atomic mass is 10.1. The quantitative estimate of drug-likeness (QED) is 0.916. The van der Waals surface area contributed by atoms with Gasteiger partial charge in [0.05, 0.1) is 11.9 Å². The molecule has 2 heterocycles. The standard InChI is InChI=1S/C10H13BrN2S/c11-9-3-10(6-12-5-9)13-4-8-1-2-14-7-8/h3,5-6,8,13H,1-2,4,7H2. The molecule has 2 rings (SSSR count). The van der Waals surface area contributed by atoms with Crippen molar-refractivity contribution < 1.29 is 0 Å². The lowest BCUT2D eigenvalue weighted by Crippen LogP contribution is -2.13. The highest BCUT2D eigenvalue weighted by Crippen LogP contribution is 2.24. The van der Waals surface area contributed by atoms with Crippen LogP contribution in [0.15, 0.2) is 22.9 Å². The molecule has 1 aliphatic rings. The lowest BCUT2D eigenvalue weighted by Gasteiger charge is -2.10. The monoisotopic (exact) mass is 272 g/mol. The number of anilines is 1. The van der Waals surface area contributed by atoms with Crippen LogP contribution in [0.1, 0.15) is 6.42 Å². The van der Waals surface area contributed by atoms with Crippen LogP contribution in [0, 0.1) is 5.92 Å². The Kier molecular flexibility index (Phi) is 3.70. The molecule has 0 aliphatic carbocycles. The largest absolute Gasteiger partial charge is 0.383 e. The Morgan fingerprint density at radius 2 is 2.50 bits per heavy atom. The van der Waals surface area contributed by atoms with Crippen LogP contribution in [0.5, 0.6) is 0 Å². The minimum absolute atomic E-state index is 0.832. The van der Waals surface area contributed by atoms with Gasteiger partial charge in [-0.15, -0.1) is 0 Å². The fraction of sp³-hybridized carbons (Fsp3) is 0.500. The molecule has 1 aromatic heterocycles. The second-order valence-electron chi connectivity index (χ2n) is 3.50. The van der Waals surface area contributed by atoms with Crippen LogP contribution >= 0.6 is 27.7 Å². The number of halogens is 1. The number of nitrogens with one attached hydrogen (secondary N) is 1. The fourth-order valence-corrected chi connectivity index (χ4v) is 3.16. The Balaban J connectivity index is 1.85. The predicted octanol–water partition coefficient (Wildman–Crippen LogP) is 3.01. The van der Waals surface area contributed by atoms with Crippen molar-refractivity contribution in [1.29, 1.82) is 0 Å². The first-order valence-corrected chi connectivity index (χ1v) is 6.71. The Morgan fingerprint density at radius 3 is 3.21 bits per heavy atom. The molecule has 76 valence electrons. The van der Waals surface area contributed by atoms with E-state index >= 15 is 0 Å². The Labute approximate surface area is 97.0 Å². The van der Waals surface area contributed by atoms with Gasteiger partial charge in [0.25, 0.3) is 0 Å². The highest BCUT2D eigenvalue weighted by molar-refractivity contribution is 9.10. The summed E-state index contributed by atoms with van der Waals surface area (Å²) in [7, 11) is 0. The molecule has 1 atom stereocenters. The summed E-state index contributed by atoms with van der Waals surface area (Å²) < 4.78 is 1.03. The highest BCUT2D eigenvalue weighted by atomic mass is 79.9. The molecule has 0 spiro atoms. The van der Waals surface area contributed by atoms with Gasteiger partial charge in [-0.2, -0.15) is 11.8 Å². The molecule has 1 fully saturated rings. The van der Waals surface area contributed by atoms with Crippen molar-refractivity contribution in [3.8, 4) is 0 Å². The zero-order valence-corrected chi connectivity index (χ0v) is 10.3. The van der Waals surface area contributed by atoms with Gasteiger partial charge in [0, 0.05) is 17.2 Å². The Hall–Kier alpha value is -0.220. The van der Waals surface area contributed by atoms with Crippen LogP contribution in [0.4, 0.5) is 5.69 Å². The average molecular weight is 273 g/mol. The summed E-state index contributed by atoms with van der Waals surface area (Å²) in [5.74, 6) is 3.45. The number of nitrogens with zero attached hydrogens (tertiary/aromatic N) is 1. The van der Waals surface area contributed by atoms with E-state index in [9.17, 15) is 0 Å². The molecule has 14 heavy (non-hydrogen) atoms. The third-order valence-corrected chi connectivity index (χ3v) is 3.99. The van der Waals surface area contributed by atoms with Crippen molar-refractivity contribution in [1.82, 2.24) is 4.98 Å². The van der Waals surface area contributed by atoms with Gasteiger partial charge >= 0.3 is 0 Å². The summed E-state index contributed by atoms with van der Waals surface area (Å²) in [6, 6.07) is 2.06. The van der Waals surface area contributed by atoms with Crippen LogP contribution in [-0.2, 0) is 0 Å². The summed E-state index contributed by atoms with van der Waals surface area (Å²) in [6.07, 6.45) is 5.02. The molecule has 0 amide bonds. The number of hydrogen-bond donors (Lipinski definition) is 1. The van der Waals surface area contributed by atoms with E-state index in [-0.39, 0.29) is 0 Å². The molecule has 1 aromatic rings. The molecule has 1 saturated heterocycles. The molecule has 1 unspecified atom stereocenters. The Bertz CT molecular complexity index is 300. The number of aromatic nitrogens is 1. The summed E-state index contributed by atoms with van der Waals surface area (Å²) in [6.45, 7) is 1.07. The summed E-state index contributed by atoms with van der Waals surface area (Å²) in [5, 5.41) is 3.42. The number of rotatable bonds is 3. The first kappa shape index (κ1) is 10.3. The number of pyridine rings is 1. The molecule has 0 aromatic carbocycles. The maximum absolute atomic E-state index is 4.11. The molecule has 0 saturated carbocycles. The smallest absolute Gasteiger partial charge is 0.0538 e. The minimum atomic E-state index is 0.832. The molecular weight excluding hydrogens is 260 g/mol. The predicted molar refractivity (Wildman–Crippen MR) is 65.9 cm³/mol. The maximum Gasteiger partial charge on any atom is 0.0538 e. The van der Waals surface area contributed by atoms with E-state index in [2.05, 4.69) is 44.1 Å². The number of hydrogen-bond acceptors (Lipinski definition) is 3. The zero-order valence-electron chi connectivity index (χ0n) is 7.87. The van der Waals surface area contributed by atoms with Gasteiger partial charge in [0.1, 0.15) is 0 Å². The van der Waals surface area contributed by atoms with Crippen LogP contribution in [0.3, 0.4) is 0 Å². The van der Waals surface area contributed by atoms with Gasteiger partial charge in [-0.3, -0.25) is 4.98 Å². The third kappa shape index (κ3) is 2.89. The summed E-state index contributed by atoms with van der Waals surface area (Å²) in [4.78, 5) is 4.11. The van der Waals surface area contributed by atoms with E-state index in [4.69, 9.17) is 0 Å². The second kappa shape index (κ2) is 5.03. The van der Waals surface area contributed by atoms with Crippen molar-refractivity contribution in [3.05, 3.63) is 22.9 Å². The zero-order chi connectivity index (χ0) is 9.80. The fourth-order valence-electron chi connectivity index (χ4n) is 1.52. The minimum Gasteiger partial charge on any atom is -0.383 e. The van der Waals surface area contributed by atoms with Crippen molar-refractivity contribution in [2.75, 3.05) is 23.4 Å². The van der Waals surface area contributed by atoms with E-state index < -0.39 is 0 Å². The number of thioether (sulfide) groups is 1. The van der Waals surface area contributed by atoms with E-state index in [1.165, 1.54) is 17.9 Å². The van der Waals surface area contributed by atoms with Crippen LogP contribution in [0.2, 0.25) is 0 Å². The van der Waals surface area contributed by atoms with Gasteiger partial charge in [-0.1, -0.05) is 0 Å². The molecule has 0 bridgehead atoms. The van der Waals surface area contributed by atoms with E-state index in [0.29, 0.717) is 0 Å². The highest BCUT2D eigenvalue weighted by Gasteiger charge is 2.14. The van der Waals surface area contributed by atoms with Gasteiger partial charge in [-0.25, -0.2) is 0 Å². The summed E-state index contributed by atoms with van der Waals surface area (Å²) >= 11 is 5.46. The molecule has 0 radical (unpaired) electrons. The van der Waals surface area contributed by atoms with E-state index in [1.807, 2.05) is 6.20 Å². The molecule has 1 aliphatic heterocycles. The molecule has 4 heteroatoms. The van der Waals surface area contributed by atoms with E-state index in [0.717, 1.165) is 22.6 Å². The first-order valence-electron chi connectivity index (χ1n) is 4.77. The summed E-state index contributed by atoms with van der Waals surface area (Å²) in [5.41, 5.74) is 1.11.